The van der Waals surface area contributed by atoms with Gasteiger partial charge in [-0.2, -0.15) is 0 Å². The fourth-order valence-corrected chi connectivity index (χ4v) is 5.96. The minimum Gasteiger partial charge on any atom is -0.497 e. The van der Waals surface area contributed by atoms with E-state index in [1.165, 1.54) is 0 Å². The van der Waals surface area contributed by atoms with Crippen LogP contribution in [0.5, 0.6) is 5.75 Å². The number of imidazole rings is 1. The van der Waals surface area contributed by atoms with Crippen LogP contribution in [0.3, 0.4) is 0 Å². The van der Waals surface area contributed by atoms with Crippen molar-refractivity contribution in [3.05, 3.63) is 41.7 Å². The van der Waals surface area contributed by atoms with Crippen LogP contribution >= 0.6 is 0 Å². The molecule has 0 spiro atoms. The molecule has 0 bridgehead atoms. The molecule has 3 rings (SSSR count). The maximum atomic E-state index is 13.4. The molecule has 1 saturated carbocycles. The summed E-state index contributed by atoms with van der Waals surface area (Å²) in [5.74, 6) is 0.796. The number of hydrogen-bond donors (Lipinski definition) is 0. The number of rotatable bonds is 12. The van der Waals surface area contributed by atoms with Crippen molar-refractivity contribution in [2.24, 2.45) is 11.8 Å². The Morgan fingerprint density at radius 1 is 1.24 bits per heavy atom. The zero-order valence-electron chi connectivity index (χ0n) is 20.7. The van der Waals surface area contributed by atoms with E-state index in [0.29, 0.717) is 37.6 Å². The molecule has 188 valence electrons. The third-order valence-electron chi connectivity index (χ3n) is 6.15. The highest BCUT2D eigenvalue weighted by Crippen LogP contribution is 2.28. The predicted octanol–water partition coefficient (Wildman–Crippen LogP) is 3.69. The Morgan fingerprint density at radius 2 is 1.97 bits per heavy atom. The van der Waals surface area contributed by atoms with Crippen molar-refractivity contribution in [1.82, 2.24) is 14.5 Å². The van der Waals surface area contributed by atoms with E-state index in [0.717, 1.165) is 31.4 Å². The first-order chi connectivity index (χ1) is 16.2. The number of carbonyl (C=O) groups is 1. The molecular weight excluding hydrogens is 454 g/mol. The summed E-state index contributed by atoms with van der Waals surface area (Å²) in [4.78, 5) is 19.3. The number of hydrogen-bond acceptors (Lipinski definition) is 6. The molecule has 1 aromatic heterocycles. The van der Waals surface area contributed by atoms with E-state index >= 15 is 0 Å². The van der Waals surface area contributed by atoms with E-state index in [9.17, 15) is 13.2 Å². The number of ether oxygens (including phenoxy) is 2. The number of amides is 1. The molecule has 1 amide bonds. The smallest absolute Gasteiger partial charge is 0.228 e. The van der Waals surface area contributed by atoms with Crippen molar-refractivity contribution < 1.29 is 22.7 Å². The maximum absolute atomic E-state index is 13.4. The van der Waals surface area contributed by atoms with Crippen molar-refractivity contribution in [2.75, 3.05) is 27.4 Å². The second-order valence-electron chi connectivity index (χ2n) is 9.38. The molecule has 1 aromatic carbocycles. The SMILES string of the molecule is COCCN(Cc1cnc(S(=O)(=O)Cc2cccc(OC)c2)n1CC(C)C)C(=O)C1CCCC1. The van der Waals surface area contributed by atoms with Crippen LogP contribution in [0, 0.1) is 11.8 Å². The molecule has 34 heavy (non-hydrogen) atoms. The van der Waals surface area contributed by atoms with Gasteiger partial charge in [0.05, 0.1) is 37.9 Å². The summed E-state index contributed by atoms with van der Waals surface area (Å²) >= 11 is 0. The Balaban J connectivity index is 1.90. The van der Waals surface area contributed by atoms with Gasteiger partial charge in [-0.3, -0.25) is 4.79 Å². The lowest BCUT2D eigenvalue weighted by molar-refractivity contribution is -0.136. The predicted molar refractivity (Wildman–Crippen MR) is 130 cm³/mol. The van der Waals surface area contributed by atoms with E-state index in [1.54, 1.807) is 54.1 Å². The zero-order valence-corrected chi connectivity index (χ0v) is 21.5. The van der Waals surface area contributed by atoms with Gasteiger partial charge in [-0.05, 0) is 36.5 Å². The molecule has 1 aliphatic rings. The standard InChI is InChI=1S/C25H37N3O5S/c1-19(2)16-28-22(17-27(12-13-32-3)24(29)21-9-5-6-10-21)15-26-25(28)34(30,31)18-20-8-7-11-23(14-20)33-4/h7-8,11,14-15,19,21H,5-6,9-10,12-13,16-18H2,1-4H3. The molecule has 1 fully saturated rings. The molecule has 8 nitrogen and oxygen atoms in total. The molecule has 1 heterocycles. The van der Waals surface area contributed by atoms with Crippen molar-refractivity contribution >= 4 is 15.7 Å². The monoisotopic (exact) mass is 491 g/mol. The Bertz CT molecular complexity index is 1060. The zero-order chi connectivity index (χ0) is 24.7. The van der Waals surface area contributed by atoms with Crippen LogP contribution in [0.4, 0.5) is 0 Å². The van der Waals surface area contributed by atoms with Crippen LogP contribution in [0.25, 0.3) is 0 Å². The van der Waals surface area contributed by atoms with Gasteiger partial charge in [0.1, 0.15) is 5.75 Å². The van der Waals surface area contributed by atoms with Crippen LogP contribution in [0.1, 0.15) is 50.8 Å². The van der Waals surface area contributed by atoms with E-state index in [-0.39, 0.29) is 28.7 Å². The van der Waals surface area contributed by atoms with Gasteiger partial charge in [0, 0.05) is 26.1 Å². The summed E-state index contributed by atoms with van der Waals surface area (Å²) < 4.78 is 39.0. The Labute approximate surface area is 203 Å². The van der Waals surface area contributed by atoms with Gasteiger partial charge in [0.15, 0.2) is 0 Å². The van der Waals surface area contributed by atoms with Crippen LogP contribution in [0.2, 0.25) is 0 Å². The van der Waals surface area contributed by atoms with E-state index < -0.39 is 9.84 Å². The third-order valence-corrected chi connectivity index (χ3v) is 7.75. The number of aromatic nitrogens is 2. The summed E-state index contributed by atoms with van der Waals surface area (Å²) in [6, 6.07) is 7.05. The quantitative estimate of drug-likeness (QED) is 0.450. The van der Waals surface area contributed by atoms with Gasteiger partial charge < -0.3 is 18.9 Å². The van der Waals surface area contributed by atoms with Crippen LogP contribution in [-0.4, -0.2) is 56.1 Å². The van der Waals surface area contributed by atoms with Gasteiger partial charge >= 0.3 is 0 Å². The van der Waals surface area contributed by atoms with Crippen molar-refractivity contribution in [1.29, 1.82) is 0 Å². The molecule has 9 heteroatoms. The van der Waals surface area contributed by atoms with Gasteiger partial charge in [-0.15, -0.1) is 0 Å². The maximum Gasteiger partial charge on any atom is 0.228 e. The third kappa shape index (κ3) is 6.60. The van der Waals surface area contributed by atoms with Gasteiger partial charge in [0.2, 0.25) is 20.9 Å². The van der Waals surface area contributed by atoms with Gasteiger partial charge in [-0.1, -0.05) is 38.8 Å². The fraction of sp³-hybridized carbons (Fsp3) is 0.600. The van der Waals surface area contributed by atoms with E-state index in [4.69, 9.17) is 9.47 Å². The lowest BCUT2D eigenvalue weighted by Crippen LogP contribution is -2.38. The van der Waals surface area contributed by atoms with Crippen LogP contribution in [-0.2, 0) is 38.2 Å². The molecule has 1 aliphatic carbocycles. The molecule has 2 aromatic rings. The Kier molecular flexibility index (Phi) is 9.13. The van der Waals surface area contributed by atoms with Crippen molar-refractivity contribution in [2.45, 2.75) is 63.5 Å². The molecule has 0 atom stereocenters. The number of carbonyl (C=O) groups excluding carboxylic acids is 1. The van der Waals surface area contributed by atoms with Gasteiger partial charge in [0.25, 0.3) is 0 Å². The highest BCUT2D eigenvalue weighted by Gasteiger charge is 2.30. The Morgan fingerprint density at radius 3 is 2.62 bits per heavy atom. The number of benzene rings is 1. The average molecular weight is 492 g/mol. The molecule has 0 aliphatic heterocycles. The largest absolute Gasteiger partial charge is 0.497 e. The first kappa shape index (κ1) is 26.2. The molecule has 0 unspecified atom stereocenters. The highest BCUT2D eigenvalue weighted by molar-refractivity contribution is 7.90. The normalized spacial score (nSPS) is 14.6. The molecule has 0 N–H and O–H groups in total. The summed E-state index contributed by atoms with van der Waals surface area (Å²) in [6.07, 6.45) is 5.57. The first-order valence-corrected chi connectivity index (χ1v) is 13.6. The average Bonchev–Trinajstić information content (AvgIpc) is 3.46. The minimum absolute atomic E-state index is 0.0367. The molecule has 0 saturated heterocycles. The topological polar surface area (TPSA) is 90.7 Å². The second-order valence-corrected chi connectivity index (χ2v) is 11.3. The number of nitrogens with zero attached hydrogens (tertiary/aromatic N) is 3. The summed E-state index contributed by atoms with van der Waals surface area (Å²) in [7, 11) is -0.546. The number of methoxy groups -OCH3 is 2. The minimum atomic E-state index is -3.71. The summed E-state index contributed by atoms with van der Waals surface area (Å²) in [5, 5.41) is 0.0408. The lowest BCUT2D eigenvalue weighted by Gasteiger charge is -2.26. The van der Waals surface area contributed by atoms with Crippen molar-refractivity contribution in [3.63, 3.8) is 0 Å². The highest BCUT2D eigenvalue weighted by atomic mass is 32.2. The van der Waals surface area contributed by atoms with E-state index in [2.05, 4.69) is 4.98 Å². The first-order valence-electron chi connectivity index (χ1n) is 11.9. The lowest BCUT2D eigenvalue weighted by atomic mass is 10.1. The molecular formula is C25H37N3O5S. The second kappa shape index (κ2) is 11.8. The summed E-state index contributed by atoms with van der Waals surface area (Å²) in [6.45, 7) is 5.77. The molecule has 0 radical (unpaired) electrons. The van der Waals surface area contributed by atoms with Crippen molar-refractivity contribution in [3.8, 4) is 5.75 Å². The van der Waals surface area contributed by atoms with Crippen LogP contribution in [0.15, 0.2) is 35.6 Å². The van der Waals surface area contributed by atoms with Crippen LogP contribution < -0.4 is 4.74 Å². The van der Waals surface area contributed by atoms with Gasteiger partial charge in [-0.25, -0.2) is 13.4 Å². The Hall–Kier alpha value is -2.39. The van der Waals surface area contributed by atoms with E-state index in [1.807, 2.05) is 13.8 Å². The summed E-state index contributed by atoms with van der Waals surface area (Å²) in [5.41, 5.74) is 1.36. The fourth-order valence-electron chi connectivity index (χ4n) is 4.47. The number of sulfone groups is 1.